The molecule has 0 unspecified atom stereocenters. The lowest BCUT2D eigenvalue weighted by Crippen LogP contribution is -2.49. The molecule has 10 heteroatoms. The number of nitrogens with one attached hydrogen (secondary N) is 2. The third-order valence-electron chi connectivity index (χ3n) is 5.61. The second-order valence-corrected chi connectivity index (χ2v) is 8.32. The summed E-state index contributed by atoms with van der Waals surface area (Å²) in [6.07, 6.45) is 3.79. The van der Waals surface area contributed by atoms with Crippen molar-refractivity contribution in [2.75, 3.05) is 22.6 Å². The molecular weight excluding hydrogens is 396 g/mol. The summed E-state index contributed by atoms with van der Waals surface area (Å²) in [5.74, 6) is 2.18. The molecule has 4 rings (SSSR count). The fourth-order valence-corrected chi connectivity index (χ4v) is 3.95. The Morgan fingerprint density at radius 3 is 2.68 bits per heavy atom. The minimum absolute atomic E-state index is 0.0249. The van der Waals surface area contributed by atoms with Gasteiger partial charge in [-0.05, 0) is 26.7 Å². The quantitative estimate of drug-likeness (QED) is 0.621. The average Bonchev–Trinajstić information content (AvgIpc) is 3.29. The van der Waals surface area contributed by atoms with Crippen LogP contribution < -0.4 is 15.5 Å². The Hall–Kier alpha value is -3.43. The first-order valence-corrected chi connectivity index (χ1v) is 10.3. The molecule has 4 heterocycles. The molecule has 10 nitrogen and oxygen atoms in total. The number of aryl methyl sites for hydroxylation is 3. The summed E-state index contributed by atoms with van der Waals surface area (Å²) in [5, 5.41) is 14.7. The number of hydrogen-bond acceptors (Lipinski definition) is 8. The molecule has 31 heavy (non-hydrogen) atoms. The summed E-state index contributed by atoms with van der Waals surface area (Å²) < 4.78 is 7.08. The number of carbonyl (C=O) groups is 1. The highest BCUT2D eigenvalue weighted by molar-refractivity contribution is 6.03. The molecule has 0 saturated carbocycles. The molecule has 164 valence electrons. The van der Waals surface area contributed by atoms with E-state index >= 15 is 0 Å². The Kier molecular flexibility index (Phi) is 5.38. The van der Waals surface area contributed by atoms with Crippen LogP contribution in [0.1, 0.15) is 42.1 Å². The first kappa shape index (κ1) is 20.8. The van der Waals surface area contributed by atoms with Gasteiger partial charge in [-0.2, -0.15) is 10.1 Å². The van der Waals surface area contributed by atoms with Crippen LogP contribution in [-0.2, 0) is 17.9 Å². The van der Waals surface area contributed by atoms with E-state index < -0.39 is 0 Å². The molecule has 3 aromatic heterocycles. The minimum atomic E-state index is -0.266. The number of nitrogens with zero attached hydrogens (tertiary/aromatic N) is 6. The van der Waals surface area contributed by atoms with E-state index in [2.05, 4.69) is 30.9 Å². The summed E-state index contributed by atoms with van der Waals surface area (Å²) in [6, 6.07) is -0.266. The lowest BCUT2D eigenvalue weighted by atomic mass is 9.99. The molecule has 0 bridgehead atoms. The highest BCUT2D eigenvalue weighted by atomic mass is 16.5. The zero-order valence-electron chi connectivity index (χ0n) is 18.7. The largest absolute Gasteiger partial charge is 0.361 e. The van der Waals surface area contributed by atoms with E-state index in [0.29, 0.717) is 24.7 Å². The Labute approximate surface area is 181 Å². The zero-order valence-corrected chi connectivity index (χ0v) is 18.7. The van der Waals surface area contributed by atoms with Gasteiger partial charge in [0, 0.05) is 30.9 Å². The van der Waals surface area contributed by atoms with Crippen molar-refractivity contribution in [1.82, 2.24) is 24.9 Å². The van der Waals surface area contributed by atoms with Crippen molar-refractivity contribution in [2.24, 2.45) is 5.92 Å². The SMILES string of the molecule is Cc1noc(C)c1Cn1cc(CNc2nc(C)c3c(n2)N(C)[C@@H](C(C)C)C(=O)N3)cn1. The first-order chi connectivity index (χ1) is 14.7. The van der Waals surface area contributed by atoms with Crippen LogP contribution >= 0.6 is 0 Å². The van der Waals surface area contributed by atoms with Gasteiger partial charge in [-0.3, -0.25) is 9.48 Å². The summed E-state index contributed by atoms with van der Waals surface area (Å²) in [6.45, 7) is 10.9. The van der Waals surface area contributed by atoms with E-state index in [-0.39, 0.29) is 17.9 Å². The van der Waals surface area contributed by atoms with Crippen molar-refractivity contribution in [2.45, 2.75) is 53.8 Å². The van der Waals surface area contributed by atoms with Gasteiger partial charge < -0.3 is 20.1 Å². The third kappa shape index (κ3) is 3.97. The molecule has 0 saturated heterocycles. The van der Waals surface area contributed by atoms with Gasteiger partial charge in [-0.15, -0.1) is 0 Å². The lowest BCUT2D eigenvalue weighted by molar-refractivity contribution is -0.118. The van der Waals surface area contributed by atoms with Gasteiger partial charge in [0.05, 0.1) is 24.1 Å². The number of likely N-dealkylation sites (N-methyl/N-ethyl adjacent to an activating group) is 1. The van der Waals surface area contributed by atoms with Crippen LogP contribution in [0, 0.1) is 26.7 Å². The van der Waals surface area contributed by atoms with Crippen LogP contribution in [0.5, 0.6) is 0 Å². The Morgan fingerprint density at radius 1 is 1.23 bits per heavy atom. The maximum atomic E-state index is 12.5. The second-order valence-electron chi connectivity index (χ2n) is 8.32. The summed E-state index contributed by atoms with van der Waals surface area (Å²) in [4.78, 5) is 23.6. The summed E-state index contributed by atoms with van der Waals surface area (Å²) in [5.41, 5.74) is 4.32. The Balaban J connectivity index is 1.48. The number of fused-ring (bicyclic) bond motifs is 1. The predicted octanol–water partition coefficient (Wildman–Crippen LogP) is 2.66. The van der Waals surface area contributed by atoms with E-state index in [1.807, 2.05) is 63.6 Å². The number of hydrogen-bond donors (Lipinski definition) is 2. The van der Waals surface area contributed by atoms with Crippen molar-refractivity contribution >= 4 is 23.4 Å². The van der Waals surface area contributed by atoms with Crippen LogP contribution in [0.15, 0.2) is 16.9 Å². The number of carbonyl (C=O) groups excluding carboxylic acids is 1. The normalized spacial score (nSPS) is 15.9. The van der Waals surface area contributed by atoms with E-state index in [4.69, 9.17) is 4.52 Å². The molecule has 3 aromatic rings. The topological polar surface area (TPSA) is 114 Å². The fraction of sp³-hybridized carbons (Fsp3) is 0.476. The van der Waals surface area contributed by atoms with E-state index in [0.717, 1.165) is 34.1 Å². The van der Waals surface area contributed by atoms with Crippen molar-refractivity contribution in [1.29, 1.82) is 0 Å². The number of aromatic nitrogens is 5. The highest BCUT2D eigenvalue weighted by Crippen LogP contribution is 2.34. The fourth-order valence-electron chi connectivity index (χ4n) is 3.95. The standard InChI is InChI=1S/C21H28N8O2/c1-11(2)18-20(30)25-17-13(4)24-21(26-19(17)28(18)6)22-7-15-8-23-29(9-15)10-16-12(3)27-31-14(16)5/h8-9,11,18H,7,10H2,1-6H3,(H,25,30)(H,22,24,26)/t18-/m0/s1. The molecule has 0 radical (unpaired) electrons. The van der Waals surface area contributed by atoms with Gasteiger partial charge in [-0.1, -0.05) is 19.0 Å². The third-order valence-corrected chi connectivity index (χ3v) is 5.61. The number of amides is 1. The molecule has 1 atom stereocenters. The minimum Gasteiger partial charge on any atom is -0.361 e. The van der Waals surface area contributed by atoms with Gasteiger partial charge >= 0.3 is 0 Å². The van der Waals surface area contributed by atoms with E-state index in [1.54, 1.807) is 0 Å². The van der Waals surface area contributed by atoms with Crippen LogP contribution in [0.25, 0.3) is 0 Å². The monoisotopic (exact) mass is 424 g/mol. The molecule has 0 spiro atoms. The molecule has 0 aliphatic carbocycles. The maximum Gasteiger partial charge on any atom is 0.247 e. The van der Waals surface area contributed by atoms with Crippen LogP contribution in [0.2, 0.25) is 0 Å². The second kappa shape index (κ2) is 8.01. The Morgan fingerprint density at radius 2 is 2.00 bits per heavy atom. The van der Waals surface area contributed by atoms with Gasteiger partial charge in [0.15, 0.2) is 5.82 Å². The highest BCUT2D eigenvalue weighted by Gasteiger charge is 2.35. The lowest BCUT2D eigenvalue weighted by Gasteiger charge is -2.36. The Bertz CT molecular complexity index is 1100. The van der Waals surface area contributed by atoms with Crippen molar-refractivity contribution < 1.29 is 9.32 Å². The van der Waals surface area contributed by atoms with Crippen molar-refractivity contribution in [3.63, 3.8) is 0 Å². The zero-order chi connectivity index (χ0) is 22.3. The van der Waals surface area contributed by atoms with Crippen molar-refractivity contribution in [3.8, 4) is 0 Å². The molecule has 0 aromatic carbocycles. The summed E-state index contributed by atoms with van der Waals surface area (Å²) >= 11 is 0. The smallest absolute Gasteiger partial charge is 0.247 e. The van der Waals surface area contributed by atoms with Gasteiger partial charge in [0.25, 0.3) is 0 Å². The number of anilines is 3. The molecule has 1 aliphatic heterocycles. The summed E-state index contributed by atoms with van der Waals surface area (Å²) in [7, 11) is 1.90. The maximum absolute atomic E-state index is 12.5. The van der Waals surface area contributed by atoms with Gasteiger partial charge in [0.2, 0.25) is 11.9 Å². The first-order valence-electron chi connectivity index (χ1n) is 10.3. The predicted molar refractivity (Wildman–Crippen MR) is 117 cm³/mol. The van der Waals surface area contributed by atoms with Crippen molar-refractivity contribution in [3.05, 3.63) is 40.7 Å². The van der Waals surface area contributed by atoms with Crippen LogP contribution in [0.4, 0.5) is 17.5 Å². The van der Waals surface area contributed by atoms with Gasteiger partial charge in [0.1, 0.15) is 17.5 Å². The van der Waals surface area contributed by atoms with Crippen LogP contribution in [0.3, 0.4) is 0 Å². The molecule has 2 N–H and O–H groups in total. The van der Waals surface area contributed by atoms with Gasteiger partial charge in [-0.25, -0.2) is 4.98 Å². The van der Waals surface area contributed by atoms with E-state index in [9.17, 15) is 4.79 Å². The number of rotatable bonds is 6. The van der Waals surface area contributed by atoms with Crippen LogP contribution in [-0.4, -0.2) is 43.9 Å². The molecule has 0 fully saturated rings. The molecule has 1 amide bonds. The average molecular weight is 425 g/mol. The molecule has 1 aliphatic rings. The molecular formula is C21H28N8O2. The van der Waals surface area contributed by atoms with E-state index in [1.165, 1.54) is 0 Å².